The minimum absolute atomic E-state index is 0.0723. The normalized spacial score (nSPS) is 11.7. The molecule has 4 nitrogen and oxygen atoms in total. The van der Waals surface area contributed by atoms with Crippen molar-refractivity contribution in [2.45, 2.75) is 4.90 Å². The van der Waals surface area contributed by atoms with Gasteiger partial charge in [-0.05, 0) is 48.0 Å². The summed E-state index contributed by atoms with van der Waals surface area (Å²) >= 11 is 12.1. The van der Waals surface area contributed by atoms with Gasteiger partial charge in [-0.1, -0.05) is 59.6 Å². The fraction of sp³-hybridized carbons (Fsp3) is 0. The highest BCUT2D eigenvalue weighted by Crippen LogP contribution is 2.28. The number of rotatable bonds is 5. The maximum atomic E-state index is 12.3. The van der Waals surface area contributed by atoms with Gasteiger partial charge in [-0.2, -0.15) is 13.7 Å². The number of halogens is 2. The molecule has 0 spiro atoms. The lowest BCUT2D eigenvalue weighted by atomic mass is 10.0. The van der Waals surface area contributed by atoms with Crippen molar-refractivity contribution in [3.63, 3.8) is 0 Å². The SMILES string of the molecule is N#C/C(=C\c1ccc(OS(=O)(=O)c2ccccc2)cc1)c1ccc(Cl)cc1Cl. The largest absolute Gasteiger partial charge is 0.379 e. The smallest absolute Gasteiger partial charge is 0.339 e. The molecule has 0 unspecified atom stereocenters. The summed E-state index contributed by atoms with van der Waals surface area (Å²) in [5, 5.41) is 10.3. The maximum Gasteiger partial charge on any atom is 0.339 e. The Morgan fingerprint density at radius 2 is 1.64 bits per heavy atom. The first kappa shape index (κ1) is 20.0. The molecule has 0 radical (unpaired) electrons. The molecule has 0 N–H and O–H groups in total. The van der Waals surface area contributed by atoms with Crippen LogP contribution in [0.1, 0.15) is 11.1 Å². The third-order valence-electron chi connectivity index (χ3n) is 3.77. The van der Waals surface area contributed by atoms with Crippen molar-refractivity contribution >= 4 is 45.0 Å². The minimum atomic E-state index is -3.90. The second-order valence-corrected chi connectivity index (χ2v) is 8.10. The summed E-state index contributed by atoms with van der Waals surface area (Å²) in [5.74, 6) is 0.170. The third-order valence-corrected chi connectivity index (χ3v) is 5.58. The molecule has 0 atom stereocenters. The molecule has 0 fully saturated rings. The zero-order chi connectivity index (χ0) is 20.1. The van der Waals surface area contributed by atoms with Crippen LogP contribution >= 0.6 is 23.2 Å². The van der Waals surface area contributed by atoms with Crippen LogP contribution in [0, 0.1) is 11.3 Å². The Balaban J connectivity index is 1.84. The second kappa shape index (κ2) is 8.49. The Morgan fingerprint density at radius 1 is 0.964 bits per heavy atom. The molecule has 3 aromatic carbocycles. The van der Waals surface area contributed by atoms with Crippen LogP contribution in [0.4, 0.5) is 0 Å². The second-order valence-electron chi connectivity index (χ2n) is 5.71. The average molecular weight is 430 g/mol. The van der Waals surface area contributed by atoms with Crippen molar-refractivity contribution in [2.24, 2.45) is 0 Å². The molecular formula is C21H13Cl2NO3S. The standard InChI is InChI=1S/C21H13Cl2NO3S/c22-17-8-11-20(21(23)13-17)16(14-24)12-15-6-9-18(10-7-15)27-28(25,26)19-4-2-1-3-5-19/h1-13H/b16-12+. The van der Waals surface area contributed by atoms with Crippen LogP contribution in [-0.2, 0) is 10.1 Å². The molecule has 7 heteroatoms. The summed E-state index contributed by atoms with van der Waals surface area (Å²) in [7, 11) is -3.90. The number of allylic oxidation sites excluding steroid dienone is 1. The molecule has 0 amide bonds. The van der Waals surface area contributed by atoms with Crippen LogP contribution in [0.5, 0.6) is 5.75 Å². The number of hydrogen-bond donors (Lipinski definition) is 0. The van der Waals surface area contributed by atoms with Gasteiger partial charge in [0.15, 0.2) is 0 Å². The fourth-order valence-corrected chi connectivity index (χ4v) is 3.89. The van der Waals surface area contributed by atoms with E-state index < -0.39 is 10.1 Å². The van der Waals surface area contributed by atoms with E-state index in [0.717, 1.165) is 0 Å². The molecule has 0 saturated heterocycles. The molecule has 28 heavy (non-hydrogen) atoms. The van der Waals surface area contributed by atoms with Crippen molar-refractivity contribution in [2.75, 3.05) is 0 Å². The molecule has 3 rings (SSSR count). The summed E-state index contributed by atoms with van der Waals surface area (Å²) < 4.78 is 29.7. The van der Waals surface area contributed by atoms with Gasteiger partial charge in [-0.3, -0.25) is 0 Å². The van der Waals surface area contributed by atoms with E-state index >= 15 is 0 Å². The van der Waals surface area contributed by atoms with Gasteiger partial charge in [-0.15, -0.1) is 0 Å². The lowest BCUT2D eigenvalue weighted by Crippen LogP contribution is -2.09. The van der Waals surface area contributed by atoms with Gasteiger partial charge in [-0.25, -0.2) is 0 Å². The molecule has 0 saturated carbocycles. The van der Waals surface area contributed by atoms with E-state index in [4.69, 9.17) is 27.4 Å². The summed E-state index contributed by atoms with van der Waals surface area (Å²) in [6.07, 6.45) is 1.64. The van der Waals surface area contributed by atoms with E-state index in [1.54, 1.807) is 54.6 Å². The van der Waals surface area contributed by atoms with Crippen molar-refractivity contribution in [1.29, 1.82) is 5.26 Å². The van der Waals surface area contributed by atoms with Crippen LogP contribution in [-0.4, -0.2) is 8.42 Å². The van der Waals surface area contributed by atoms with E-state index in [0.29, 0.717) is 26.7 Å². The van der Waals surface area contributed by atoms with Crippen molar-refractivity contribution in [1.82, 2.24) is 0 Å². The topological polar surface area (TPSA) is 67.2 Å². The Labute approximate surface area is 173 Å². The first-order valence-corrected chi connectivity index (χ1v) is 10.2. The predicted octanol–water partition coefficient (Wildman–Crippen LogP) is 5.83. The first-order valence-electron chi connectivity index (χ1n) is 8.06. The highest BCUT2D eigenvalue weighted by atomic mass is 35.5. The predicted molar refractivity (Wildman–Crippen MR) is 111 cm³/mol. The van der Waals surface area contributed by atoms with Gasteiger partial charge < -0.3 is 4.18 Å². The Hall–Kier alpha value is -2.78. The number of nitriles is 1. The molecule has 0 heterocycles. The van der Waals surface area contributed by atoms with Gasteiger partial charge in [0.25, 0.3) is 0 Å². The van der Waals surface area contributed by atoms with Gasteiger partial charge in [0.05, 0.1) is 16.7 Å². The highest BCUT2D eigenvalue weighted by Gasteiger charge is 2.15. The number of benzene rings is 3. The van der Waals surface area contributed by atoms with Crippen LogP contribution in [0.15, 0.2) is 77.7 Å². The molecule has 0 aromatic heterocycles. The van der Waals surface area contributed by atoms with Gasteiger partial charge in [0.1, 0.15) is 10.6 Å². The van der Waals surface area contributed by atoms with E-state index in [9.17, 15) is 13.7 Å². The van der Waals surface area contributed by atoms with Crippen molar-refractivity contribution < 1.29 is 12.6 Å². The zero-order valence-electron chi connectivity index (χ0n) is 14.3. The van der Waals surface area contributed by atoms with Gasteiger partial charge in [0, 0.05) is 10.6 Å². The summed E-state index contributed by atoms with van der Waals surface area (Å²) in [6.45, 7) is 0. The van der Waals surface area contributed by atoms with E-state index in [1.807, 2.05) is 0 Å². The van der Waals surface area contributed by atoms with Crippen LogP contribution in [0.3, 0.4) is 0 Å². The Bertz CT molecular complexity index is 1170. The first-order chi connectivity index (χ1) is 13.4. The van der Waals surface area contributed by atoms with E-state index in [1.165, 1.54) is 24.3 Å². The molecule has 0 aliphatic heterocycles. The monoisotopic (exact) mass is 429 g/mol. The van der Waals surface area contributed by atoms with Crippen LogP contribution in [0.25, 0.3) is 11.6 Å². The van der Waals surface area contributed by atoms with Crippen molar-refractivity contribution in [3.05, 3.63) is 94.0 Å². The lowest BCUT2D eigenvalue weighted by Gasteiger charge is -2.07. The van der Waals surface area contributed by atoms with Crippen LogP contribution in [0.2, 0.25) is 10.0 Å². The number of nitrogens with zero attached hydrogens (tertiary/aromatic N) is 1. The summed E-state index contributed by atoms with van der Waals surface area (Å²) in [6, 6.07) is 21.2. The molecule has 0 aliphatic rings. The van der Waals surface area contributed by atoms with Gasteiger partial charge >= 0.3 is 10.1 Å². The molecule has 0 aliphatic carbocycles. The van der Waals surface area contributed by atoms with E-state index in [-0.39, 0.29) is 10.6 Å². The molecule has 0 bridgehead atoms. The molecule has 140 valence electrons. The summed E-state index contributed by atoms with van der Waals surface area (Å²) in [5.41, 5.74) is 1.60. The van der Waals surface area contributed by atoms with Crippen molar-refractivity contribution in [3.8, 4) is 11.8 Å². The average Bonchev–Trinajstić information content (AvgIpc) is 2.68. The quantitative estimate of drug-likeness (QED) is 0.290. The minimum Gasteiger partial charge on any atom is -0.379 e. The Morgan fingerprint density at radius 3 is 2.25 bits per heavy atom. The summed E-state index contributed by atoms with van der Waals surface area (Å²) in [4.78, 5) is 0.0723. The van der Waals surface area contributed by atoms with Gasteiger partial charge in [0.2, 0.25) is 0 Å². The van der Waals surface area contributed by atoms with Crippen LogP contribution < -0.4 is 4.18 Å². The number of hydrogen-bond acceptors (Lipinski definition) is 4. The Kier molecular flexibility index (Phi) is 6.05. The lowest BCUT2D eigenvalue weighted by molar-refractivity contribution is 0.486. The van der Waals surface area contributed by atoms with E-state index in [2.05, 4.69) is 6.07 Å². The molecular weight excluding hydrogens is 417 g/mol. The third kappa shape index (κ3) is 4.73. The zero-order valence-corrected chi connectivity index (χ0v) is 16.7. The maximum absolute atomic E-state index is 12.3. The highest BCUT2D eigenvalue weighted by molar-refractivity contribution is 7.87. The fourth-order valence-electron chi connectivity index (χ4n) is 2.43. The molecule has 3 aromatic rings.